The number of allylic oxidation sites excluding steroid dienone is 1. The Bertz CT molecular complexity index is 476. The second kappa shape index (κ2) is 12.6. The quantitative estimate of drug-likeness (QED) is 0.324. The number of benzene rings is 1. The number of aromatic carboxylic acids is 1. The highest BCUT2D eigenvalue weighted by atomic mass is 16.5. The number of carboxylic acid groups (broad SMARTS) is 1. The van der Waals surface area contributed by atoms with Gasteiger partial charge in [-0.3, -0.25) is 0 Å². The number of carboxylic acids is 1. The van der Waals surface area contributed by atoms with Crippen molar-refractivity contribution in [1.82, 2.24) is 0 Å². The van der Waals surface area contributed by atoms with Gasteiger partial charge in [0.1, 0.15) is 5.75 Å². The fourth-order valence-electron chi connectivity index (χ4n) is 2.65. The van der Waals surface area contributed by atoms with Gasteiger partial charge in [0.05, 0.1) is 12.2 Å². The molecule has 0 spiro atoms. The third-order valence-corrected chi connectivity index (χ3v) is 4.12. The fourth-order valence-corrected chi connectivity index (χ4v) is 2.65. The van der Waals surface area contributed by atoms with Crippen LogP contribution in [0.15, 0.2) is 36.4 Å². The minimum Gasteiger partial charge on any atom is -0.494 e. The lowest BCUT2D eigenvalue weighted by Gasteiger charge is -2.06. The predicted octanol–water partition coefficient (Wildman–Crippen LogP) is 6.24. The molecule has 0 radical (unpaired) electrons. The Labute approximate surface area is 146 Å². The van der Waals surface area contributed by atoms with Gasteiger partial charge in [0, 0.05) is 0 Å². The average Bonchev–Trinajstić information content (AvgIpc) is 2.56. The molecule has 0 aliphatic rings. The number of ether oxygens (including phenoxy) is 1. The van der Waals surface area contributed by atoms with Crippen LogP contribution in [0.3, 0.4) is 0 Å². The summed E-state index contributed by atoms with van der Waals surface area (Å²) in [7, 11) is 0. The van der Waals surface area contributed by atoms with Crippen molar-refractivity contribution in [3.63, 3.8) is 0 Å². The zero-order chi connectivity index (χ0) is 17.6. The standard InChI is InChI=1S/C21H32O3/c1-18(2)12-10-8-6-4-3-5-7-9-11-17-24-20-15-13-19(14-16-20)21(22)23/h13-16H,1,3-12,17H2,2H3,(H,22,23). The van der Waals surface area contributed by atoms with Gasteiger partial charge in [-0.25, -0.2) is 4.79 Å². The highest BCUT2D eigenvalue weighted by Gasteiger charge is 2.01. The maximum Gasteiger partial charge on any atom is 0.335 e. The number of hydrogen-bond donors (Lipinski definition) is 1. The van der Waals surface area contributed by atoms with E-state index in [0.29, 0.717) is 12.2 Å². The molecular weight excluding hydrogens is 300 g/mol. The van der Waals surface area contributed by atoms with Gasteiger partial charge in [-0.1, -0.05) is 50.5 Å². The number of hydrogen-bond acceptors (Lipinski definition) is 2. The molecular formula is C21H32O3. The molecule has 0 unspecified atom stereocenters. The summed E-state index contributed by atoms with van der Waals surface area (Å²) in [5, 5.41) is 8.83. The van der Waals surface area contributed by atoms with E-state index < -0.39 is 5.97 Å². The van der Waals surface area contributed by atoms with Crippen LogP contribution < -0.4 is 4.74 Å². The Morgan fingerprint density at radius 1 is 0.917 bits per heavy atom. The first kappa shape index (κ1) is 20.3. The molecule has 1 aromatic rings. The topological polar surface area (TPSA) is 46.5 Å². The summed E-state index contributed by atoms with van der Waals surface area (Å²) >= 11 is 0. The van der Waals surface area contributed by atoms with Crippen molar-refractivity contribution < 1.29 is 14.6 Å². The summed E-state index contributed by atoms with van der Waals surface area (Å²) in [5.74, 6) is -0.160. The van der Waals surface area contributed by atoms with Crippen LogP contribution in [-0.2, 0) is 0 Å². The van der Waals surface area contributed by atoms with Crippen molar-refractivity contribution in [2.75, 3.05) is 6.61 Å². The van der Waals surface area contributed by atoms with E-state index in [0.717, 1.165) is 12.2 Å². The highest BCUT2D eigenvalue weighted by Crippen LogP contribution is 2.14. The molecule has 0 bridgehead atoms. The van der Waals surface area contributed by atoms with Gasteiger partial charge in [-0.05, 0) is 50.5 Å². The van der Waals surface area contributed by atoms with E-state index in [1.54, 1.807) is 24.3 Å². The summed E-state index contributed by atoms with van der Waals surface area (Å²) in [4.78, 5) is 10.8. The minimum atomic E-state index is -0.905. The molecule has 3 heteroatoms. The van der Waals surface area contributed by atoms with Gasteiger partial charge in [0.25, 0.3) is 0 Å². The molecule has 134 valence electrons. The van der Waals surface area contributed by atoms with Crippen LogP contribution >= 0.6 is 0 Å². The van der Waals surface area contributed by atoms with E-state index in [2.05, 4.69) is 13.5 Å². The first-order valence-electron chi connectivity index (χ1n) is 9.20. The number of unbranched alkanes of at least 4 members (excludes halogenated alkanes) is 8. The van der Waals surface area contributed by atoms with Gasteiger partial charge in [-0.15, -0.1) is 6.58 Å². The lowest BCUT2D eigenvalue weighted by molar-refractivity contribution is 0.0697. The molecule has 0 atom stereocenters. The molecule has 24 heavy (non-hydrogen) atoms. The van der Waals surface area contributed by atoms with E-state index >= 15 is 0 Å². The molecule has 3 nitrogen and oxygen atoms in total. The third kappa shape index (κ3) is 10.1. The highest BCUT2D eigenvalue weighted by molar-refractivity contribution is 5.87. The second-order valence-corrected chi connectivity index (χ2v) is 6.57. The summed E-state index contributed by atoms with van der Waals surface area (Å²) < 4.78 is 5.63. The summed E-state index contributed by atoms with van der Waals surface area (Å²) in [6.07, 6.45) is 12.7. The lowest BCUT2D eigenvalue weighted by Crippen LogP contribution is -1.99. The van der Waals surface area contributed by atoms with Gasteiger partial charge < -0.3 is 9.84 Å². The molecule has 1 rings (SSSR count). The smallest absolute Gasteiger partial charge is 0.335 e. The van der Waals surface area contributed by atoms with Crippen LogP contribution in [-0.4, -0.2) is 17.7 Å². The van der Waals surface area contributed by atoms with Crippen LogP contribution in [0.4, 0.5) is 0 Å². The molecule has 0 saturated heterocycles. The summed E-state index contributed by atoms with van der Waals surface area (Å²) in [5.41, 5.74) is 1.59. The zero-order valence-electron chi connectivity index (χ0n) is 15.1. The van der Waals surface area contributed by atoms with Crippen molar-refractivity contribution in [3.8, 4) is 5.75 Å². The van der Waals surface area contributed by atoms with E-state index in [1.807, 2.05) is 0 Å². The monoisotopic (exact) mass is 332 g/mol. The van der Waals surface area contributed by atoms with Crippen LogP contribution in [0, 0.1) is 0 Å². The largest absolute Gasteiger partial charge is 0.494 e. The summed E-state index contributed by atoms with van der Waals surface area (Å²) in [6, 6.07) is 6.59. The summed E-state index contributed by atoms with van der Waals surface area (Å²) in [6.45, 7) is 6.74. The van der Waals surface area contributed by atoms with Gasteiger partial charge in [-0.2, -0.15) is 0 Å². The van der Waals surface area contributed by atoms with Crippen LogP contribution in [0.1, 0.15) is 81.5 Å². The second-order valence-electron chi connectivity index (χ2n) is 6.57. The van der Waals surface area contributed by atoms with Gasteiger partial charge in [0.15, 0.2) is 0 Å². The molecule has 0 aliphatic carbocycles. The molecule has 1 aromatic carbocycles. The van der Waals surface area contributed by atoms with E-state index in [9.17, 15) is 4.79 Å². The van der Waals surface area contributed by atoms with E-state index in [4.69, 9.17) is 9.84 Å². The Kier molecular flexibility index (Phi) is 10.7. The Balaban J connectivity index is 1.90. The van der Waals surface area contributed by atoms with Crippen molar-refractivity contribution in [2.24, 2.45) is 0 Å². The van der Waals surface area contributed by atoms with Crippen LogP contribution in [0.5, 0.6) is 5.75 Å². The van der Waals surface area contributed by atoms with E-state index in [-0.39, 0.29) is 0 Å². The van der Waals surface area contributed by atoms with E-state index in [1.165, 1.54) is 63.4 Å². The fraction of sp³-hybridized carbons (Fsp3) is 0.571. The molecule has 0 saturated carbocycles. The Hall–Kier alpha value is -1.77. The van der Waals surface area contributed by atoms with Crippen LogP contribution in [0.25, 0.3) is 0 Å². The van der Waals surface area contributed by atoms with Crippen molar-refractivity contribution in [3.05, 3.63) is 42.0 Å². The van der Waals surface area contributed by atoms with Gasteiger partial charge in [0.2, 0.25) is 0 Å². The van der Waals surface area contributed by atoms with Crippen molar-refractivity contribution >= 4 is 5.97 Å². The molecule has 0 fully saturated rings. The molecule has 0 aromatic heterocycles. The Morgan fingerprint density at radius 2 is 1.42 bits per heavy atom. The molecule has 0 aliphatic heterocycles. The van der Waals surface area contributed by atoms with Crippen molar-refractivity contribution in [1.29, 1.82) is 0 Å². The first-order chi connectivity index (χ1) is 11.6. The predicted molar refractivity (Wildman–Crippen MR) is 99.9 cm³/mol. The SMILES string of the molecule is C=C(C)CCCCCCCCCCCOc1ccc(C(=O)O)cc1. The first-order valence-corrected chi connectivity index (χ1v) is 9.20. The number of carbonyl (C=O) groups is 1. The maximum absolute atomic E-state index is 10.8. The third-order valence-electron chi connectivity index (χ3n) is 4.12. The number of rotatable bonds is 14. The normalized spacial score (nSPS) is 10.5. The molecule has 1 N–H and O–H groups in total. The Morgan fingerprint density at radius 3 is 1.92 bits per heavy atom. The van der Waals surface area contributed by atoms with Crippen LogP contribution in [0.2, 0.25) is 0 Å². The maximum atomic E-state index is 10.8. The van der Waals surface area contributed by atoms with Crippen molar-refractivity contribution in [2.45, 2.75) is 71.1 Å². The lowest BCUT2D eigenvalue weighted by atomic mass is 10.1. The average molecular weight is 332 g/mol. The molecule has 0 amide bonds. The van der Waals surface area contributed by atoms with Gasteiger partial charge >= 0.3 is 5.97 Å². The zero-order valence-corrected chi connectivity index (χ0v) is 15.1. The molecule has 0 heterocycles. The minimum absolute atomic E-state index is 0.293.